The summed E-state index contributed by atoms with van der Waals surface area (Å²) in [6.07, 6.45) is 5.62. The van der Waals surface area contributed by atoms with Crippen molar-refractivity contribution >= 4 is 104 Å². The molecule has 0 spiro atoms. The second-order valence-corrected chi connectivity index (χ2v) is 17.2. The van der Waals surface area contributed by atoms with Gasteiger partial charge in [0.2, 0.25) is 0 Å². The van der Waals surface area contributed by atoms with Gasteiger partial charge in [-0.15, -0.1) is 0 Å². The molecule has 2 aromatic heterocycles. The van der Waals surface area contributed by atoms with Crippen molar-refractivity contribution in [3.63, 3.8) is 0 Å². The average Bonchev–Trinajstić information content (AvgIpc) is 3.75. The van der Waals surface area contributed by atoms with Gasteiger partial charge in [0, 0.05) is 16.2 Å². The molecule has 0 aliphatic carbocycles. The van der Waals surface area contributed by atoms with E-state index in [4.69, 9.17) is 4.98 Å². The summed E-state index contributed by atoms with van der Waals surface area (Å²) in [5.74, 6) is 0. The van der Waals surface area contributed by atoms with Gasteiger partial charge in [0.15, 0.2) is 0 Å². The molecule has 2 heteroatoms. The number of hydrogen-bond acceptors (Lipinski definition) is 1. The molecule has 64 heavy (non-hydrogen) atoms. The smallest absolute Gasteiger partial charge is 0.147 e. The minimum absolute atomic E-state index is 0.946. The van der Waals surface area contributed by atoms with Crippen LogP contribution in [-0.2, 0) is 0 Å². The van der Waals surface area contributed by atoms with Crippen LogP contribution in [-0.4, -0.2) is 9.38 Å². The van der Waals surface area contributed by atoms with E-state index in [0.29, 0.717) is 0 Å². The lowest BCUT2D eigenvalue weighted by Crippen LogP contribution is -2.27. The highest BCUT2D eigenvalue weighted by Crippen LogP contribution is 2.46. The predicted octanol–water partition coefficient (Wildman–Crippen LogP) is 15.6. The second-order valence-electron chi connectivity index (χ2n) is 17.2. The number of imidazole rings is 1. The first kappa shape index (κ1) is 36.6. The maximum atomic E-state index is 5.39. The Morgan fingerprint density at radius 1 is 0.406 bits per heavy atom. The SMILES string of the molecule is C/C=c1\c(=C/CC)c2ccccc2c2c3cc(-c4ccc5c(-c6ccc7ccccc7c6)c6ccccc6c(-c6ccc7ccccc7c6)c5c4)ccc3n3c4ccccc4nc3c12. The summed E-state index contributed by atoms with van der Waals surface area (Å²) in [6, 6.07) is 72.1. The third kappa shape index (κ3) is 5.36. The van der Waals surface area contributed by atoms with E-state index in [1.165, 1.54) is 114 Å². The molecular formula is C62H42N2. The van der Waals surface area contributed by atoms with Crippen LogP contribution in [0.4, 0.5) is 0 Å². The van der Waals surface area contributed by atoms with E-state index in [0.717, 1.165) is 28.6 Å². The summed E-state index contributed by atoms with van der Waals surface area (Å²) >= 11 is 0. The Bertz CT molecular complexity index is 4250. The molecule has 11 aromatic carbocycles. The summed E-state index contributed by atoms with van der Waals surface area (Å²) in [4.78, 5) is 5.39. The molecule has 13 aromatic rings. The van der Waals surface area contributed by atoms with Crippen LogP contribution in [0.1, 0.15) is 20.3 Å². The molecule has 0 amide bonds. The average molecular weight is 815 g/mol. The molecule has 0 N–H and O–H groups in total. The Kier molecular flexibility index (Phi) is 8.14. The second kappa shape index (κ2) is 14.2. The van der Waals surface area contributed by atoms with Crippen LogP contribution in [0.3, 0.4) is 0 Å². The van der Waals surface area contributed by atoms with E-state index in [9.17, 15) is 0 Å². The Balaban J connectivity index is 1.16. The van der Waals surface area contributed by atoms with Gasteiger partial charge in [-0.25, -0.2) is 4.98 Å². The maximum absolute atomic E-state index is 5.39. The standard InChI is InChI=1S/C62H42N2/c1-3-15-47-46(4-2)61-60(49-21-10-9-20-48(47)49)54-37-43(31-33-56(54)64-57-25-14-13-24-55(57)63-62(61)64)42-30-32-52-53(36-42)59(45-29-27-39-17-6-8-19-41(39)35-45)51-23-12-11-22-50(51)58(52)44-28-26-38-16-5-7-18-40(38)34-44/h4-37H,3H2,1-2H3/b46-4+,47-15+. The van der Waals surface area contributed by atoms with Gasteiger partial charge in [0.05, 0.1) is 16.6 Å². The molecule has 300 valence electrons. The molecule has 0 aliphatic rings. The van der Waals surface area contributed by atoms with Crippen molar-refractivity contribution in [2.45, 2.75) is 20.3 Å². The summed E-state index contributed by atoms with van der Waals surface area (Å²) in [5.41, 5.74) is 11.6. The number of pyridine rings is 1. The first-order valence-electron chi connectivity index (χ1n) is 22.5. The quantitative estimate of drug-likeness (QED) is 0.128. The molecule has 2 nitrogen and oxygen atoms in total. The highest BCUT2D eigenvalue weighted by Gasteiger charge is 2.21. The zero-order chi connectivity index (χ0) is 42.5. The van der Waals surface area contributed by atoms with Crippen molar-refractivity contribution in [3.05, 3.63) is 205 Å². The first-order valence-corrected chi connectivity index (χ1v) is 22.5. The number of nitrogens with zero attached hydrogens (tertiary/aromatic N) is 2. The highest BCUT2D eigenvalue weighted by atomic mass is 15.0. The first-order chi connectivity index (χ1) is 31.7. The molecule has 0 atom stereocenters. The number of rotatable bonds is 4. The third-order valence-corrected chi connectivity index (χ3v) is 13.7. The third-order valence-electron chi connectivity index (χ3n) is 13.7. The zero-order valence-corrected chi connectivity index (χ0v) is 35.7. The van der Waals surface area contributed by atoms with Gasteiger partial charge >= 0.3 is 0 Å². The molecule has 0 saturated heterocycles. The summed E-state index contributed by atoms with van der Waals surface area (Å²) in [7, 11) is 0. The largest absolute Gasteiger partial charge is 0.292 e. The van der Waals surface area contributed by atoms with Gasteiger partial charge in [-0.3, -0.25) is 4.40 Å². The van der Waals surface area contributed by atoms with Crippen LogP contribution < -0.4 is 10.4 Å². The number of aromatic nitrogens is 2. The number of hydrogen-bond donors (Lipinski definition) is 0. The molecule has 13 rings (SSSR count). The van der Waals surface area contributed by atoms with E-state index in [-0.39, 0.29) is 0 Å². The van der Waals surface area contributed by atoms with Crippen molar-refractivity contribution < 1.29 is 0 Å². The van der Waals surface area contributed by atoms with Gasteiger partial charge in [-0.2, -0.15) is 0 Å². The fourth-order valence-electron chi connectivity index (χ4n) is 10.9. The van der Waals surface area contributed by atoms with Gasteiger partial charge in [-0.05, 0) is 153 Å². The van der Waals surface area contributed by atoms with E-state index < -0.39 is 0 Å². The molecule has 0 aliphatic heterocycles. The fraction of sp³-hybridized carbons (Fsp3) is 0.0484. The van der Waals surface area contributed by atoms with E-state index in [2.05, 4.69) is 225 Å². The molecule has 0 unspecified atom stereocenters. The van der Waals surface area contributed by atoms with Crippen LogP contribution in [0.2, 0.25) is 0 Å². The van der Waals surface area contributed by atoms with Gasteiger partial charge in [0.25, 0.3) is 0 Å². The molecular weight excluding hydrogens is 773 g/mol. The van der Waals surface area contributed by atoms with Gasteiger partial charge in [0.1, 0.15) is 5.65 Å². The van der Waals surface area contributed by atoms with Crippen LogP contribution in [0.25, 0.3) is 138 Å². The minimum atomic E-state index is 0.946. The predicted molar refractivity (Wildman–Crippen MR) is 276 cm³/mol. The Labute approximate surface area is 370 Å². The van der Waals surface area contributed by atoms with Gasteiger partial charge < -0.3 is 0 Å². The van der Waals surface area contributed by atoms with Crippen LogP contribution in [0.15, 0.2) is 194 Å². The van der Waals surface area contributed by atoms with Crippen molar-refractivity contribution in [1.82, 2.24) is 9.38 Å². The topological polar surface area (TPSA) is 17.3 Å². The van der Waals surface area contributed by atoms with Crippen molar-refractivity contribution in [3.8, 4) is 33.4 Å². The lowest BCUT2D eigenvalue weighted by atomic mass is 9.84. The fourth-order valence-corrected chi connectivity index (χ4v) is 10.9. The zero-order valence-electron chi connectivity index (χ0n) is 35.7. The number of benzene rings is 11. The number of fused-ring (bicyclic) bond motifs is 14. The molecule has 0 bridgehead atoms. The molecule has 0 fully saturated rings. The van der Waals surface area contributed by atoms with Crippen LogP contribution in [0, 0.1) is 0 Å². The molecule has 2 heterocycles. The maximum Gasteiger partial charge on any atom is 0.147 e. The molecule has 0 saturated carbocycles. The Hall–Kier alpha value is -8.07. The van der Waals surface area contributed by atoms with E-state index in [1.54, 1.807) is 0 Å². The lowest BCUT2D eigenvalue weighted by molar-refractivity contribution is 1.28. The number of para-hydroxylation sites is 2. The van der Waals surface area contributed by atoms with Crippen molar-refractivity contribution in [2.24, 2.45) is 0 Å². The van der Waals surface area contributed by atoms with Crippen LogP contribution in [0.5, 0.6) is 0 Å². The van der Waals surface area contributed by atoms with E-state index in [1.807, 2.05) is 0 Å². The highest BCUT2D eigenvalue weighted by molar-refractivity contribution is 6.26. The summed E-state index contributed by atoms with van der Waals surface area (Å²) < 4.78 is 2.40. The Morgan fingerprint density at radius 3 is 1.61 bits per heavy atom. The van der Waals surface area contributed by atoms with E-state index >= 15 is 0 Å². The lowest BCUT2D eigenvalue weighted by Gasteiger charge is -2.19. The minimum Gasteiger partial charge on any atom is -0.292 e. The van der Waals surface area contributed by atoms with Crippen molar-refractivity contribution in [1.29, 1.82) is 0 Å². The molecule has 0 radical (unpaired) electrons. The van der Waals surface area contributed by atoms with Crippen LogP contribution >= 0.6 is 0 Å². The summed E-state index contributed by atoms with van der Waals surface area (Å²) in [6.45, 7) is 4.40. The van der Waals surface area contributed by atoms with Crippen molar-refractivity contribution in [2.75, 3.05) is 0 Å². The summed E-state index contributed by atoms with van der Waals surface area (Å²) in [5, 5.41) is 18.7. The monoisotopic (exact) mass is 814 g/mol. The normalized spacial score (nSPS) is 12.8. The van der Waals surface area contributed by atoms with Gasteiger partial charge in [-0.1, -0.05) is 171 Å². The Morgan fingerprint density at radius 2 is 0.938 bits per heavy atom.